The Balaban J connectivity index is 1.83. The van der Waals surface area contributed by atoms with Gasteiger partial charge in [-0.05, 0) is 38.3 Å². The Hall–Kier alpha value is -1.88. The van der Waals surface area contributed by atoms with Crippen LogP contribution in [0.1, 0.15) is 32.9 Å². The number of thiazole rings is 1. The fourth-order valence-corrected chi connectivity index (χ4v) is 3.52. The number of amides is 1. The SMILES string of the molecule is CNc1ccc(C)cc1C(=O)Nc1nc2c(s1)CCC2. The molecule has 0 radical (unpaired) electrons. The van der Waals surface area contributed by atoms with E-state index in [1.54, 1.807) is 11.3 Å². The number of fused-ring (bicyclic) bond motifs is 1. The molecule has 0 aliphatic heterocycles. The van der Waals surface area contributed by atoms with Crippen molar-refractivity contribution in [1.82, 2.24) is 4.98 Å². The summed E-state index contributed by atoms with van der Waals surface area (Å²) >= 11 is 1.60. The summed E-state index contributed by atoms with van der Waals surface area (Å²) in [5.41, 5.74) is 3.71. The van der Waals surface area contributed by atoms with E-state index < -0.39 is 0 Å². The van der Waals surface area contributed by atoms with E-state index in [0.717, 1.165) is 29.8 Å². The van der Waals surface area contributed by atoms with Crippen molar-refractivity contribution in [2.75, 3.05) is 17.7 Å². The van der Waals surface area contributed by atoms with E-state index in [4.69, 9.17) is 0 Å². The van der Waals surface area contributed by atoms with Gasteiger partial charge in [-0.2, -0.15) is 0 Å². The van der Waals surface area contributed by atoms with Gasteiger partial charge in [0.2, 0.25) is 0 Å². The number of aromatic nitrogens is 1. The highest BCUT2D eigenvalue weighted by molar-refractivity contribution is 7.16. The molecule has 0 saturated carbocycles. The van der Waals surface area contributed by atoms with Crippen LogP contribution in [0.15, 0.2) is 18.2 Å². The van der Waals surface area contributed by atoms with Crippen molar-refractivity contribution in [1.29, 1.82) is 0 Å². The van der Waals surface area contributed by atoms with E-state index in [0.29, 0.717) is 10.7 Å². The standard InChI is InChI=1S/C15H17N3OS/c1-9-6-7-11(16-2)10(8-9)14(19)18-15-17-12-4-3-5-13(12)20-15/h6-8,16H,3-5H2,1-2H3,(H,17,18,19). The molecular formula is C15H17N3OS. The number of nitrogens with one attached hydrogen (secondary N) is 2. The first kappa shape index (κ1) is 13.1. The minimum atomic E-state index is -0.106. The zero-order valence-corrected chi connectivity index (χ0v) is 12.4. The third kappa shape index (κ3) is 2.41. The molecule has 20 heavy (non-hydrogen) atoms. The summed E-state index contributed by atoms with van der Waals surface area (Å²) in [5, 5.41) is 6.68. The van der Waals surface area contributed by atoms with Gasteiger partial charge in [-0.15, -0.1) is 11.3 Å². The first-order valence-corrected chi connectivity index (χ1v) is 7.57. The molecule has 1 aromatic carbocycles. The Bertz CT molecular complexity index is 642. The zero-order valence-electron chi connectivity index (χ0n) is 11.6. The molecule has 1 aromatic heterocycles. The summed E-state index contributed by atoms with van der Waals surface area (Å²) in [6.07, 6.45) is 3.31. The lowest BCUT2D eigenvalue weighted by Crippen LogP contribution is -2.14. The second kappa shape index (κ2) is 5.25. The molecule has 2 aromatic rings. The van der Waals surface area contributed by atoms with Crippen LogP contribution in [-0.4, -0.2) is 17.9 Å². The molecule has 1 aliphatic rings. The molecular weight excluding hydrogens is 270 g/mol. The van der Waals surface area contributed by atoms with Gasteiger partial charge in [-0.1, -0.05) is 11.6 Å². The lowest BCUT2D eigenvalue weighted by atomic mass is 10.1. The molecule has 0 atom stereocenters. The summed E-state index contributed by atoms with van der Waals surface area (Å²) in [7, 11) is 1.82. The second-order valence-corrected chi connectivity index (χ2v) is 6.08. The summed E-state index contributed by atoms with van der Waals surface area (Å²) in [4.78, 5) is 18.2. The highest BCUT2D eigenvalue weighted by Gasteiger charge is 2.19. The predicted octanol–water partition coefficient (Wildman–Crippen LogP) is 3.23. The minimum Gasteiger partial charge on any atom is -0.387 e. The Morgan fingerprint density at radius 3 is 2.95 bits per heavy atom. The highest BCUT2D eigenvalue weighted by atomic mass is 32.1. The molecule has 1 heterocycles. The summed E-state index contributed by atoms with van der Waals surface area (Å²) in [6, 6.07) is 5.80. The number of aryl methyl sites for hydroxylation is 3. The monoisotopic (exact) mass is 287 g/mol. The van der Waals surface area contributed by atoms with E-state index in [1.807, 2.05) is 32.2 Å². The van der Waals surface area contributed by atoms with Crippen LogP contribution in [0.2, 0.25) is 0 Å². The quantitative estimate of drug-likeness (QED) is 0.911. The Kier molecular flexibility index (Phi) is 3.44. The van der Waals surface area contributed by atoms with Crippen LogP contribution in [0.25, 0.3) is 0 Å². The van der Waals surface area contributed by atoms with Crippen molar-refractivity contribution in [2.24, 2.45) is 0 Å². The van der Waals surface area contributed by atoms with Gasteiger partial charge in [0.15, 0.2) is 5.13 Å². The number of hydrogen-bond donors (Lipinski definition) is 2. The van der Waals surface area contributed by atoms with Crippen molar-refractivity contribution < 1.29 is 4.79 Å². The van der Waals surface area contributed by atoms with Crippen LogP contribution < -0.4 is 10.6 Å². The molecule has 4 nitrogen and oxygen atoms in total. The fourth-order valence-electron chi connectivity index (χ4n) is 2.47. The van der Waals surface area contributed by atoms with Crippen LogP contribution in [-0.2, 0) is 12.8 Å². The van der Waals surface area contributed by atoms with E-state index in [-0.39, 0.29) is 5.91 Å². The minimum absolute atomic E-state index is 0.106. The molecule has 1 amide bonds. The number of hydrogen-bond acceptors (Lipinski definition) is 4. The second-order valence-electron chi connectivity index (χ2n) is 5.00. The lowest BCUT2D eigenvalue weighted by molar-refractivity contribution is 0.102. The average Bonchev–Trinajstić information content (AvgIpc) is 2.99. The predicted molar refractivity (Wildman–Crippen MR) is 82.8 cm³/mol. The molecule has 104 valence electrons. The Labute approximate surface area is 122 Å². The topological polar surface area (TPSA) is 54.0 Å². The molecule has 0 unspecified atom stereocenters. The van der Waals surface area contributed by atoms with Gasteiger partial charge in [0.05, 0.1) is 11.3 Å². The smallest absolute Gasteiger partial charge is 0.259 e. The number of benzene rings is 1. The molecule has 2 N–H and O–H groups in total. The van der Waals surface area contributed by atoms with Gasteiger partial charge in [0.1, 0.15) is 0 Å². The number of carbonyl (C=O) groups is 1. The van der Waals surface area contributed by atoms with Gasteiger partial charge in [0, 0.05) is 17.6 Å². The van der Waals surface area contributed by atoms with Crippen LogP contribution in [0.5, 0.6) is 0 Å². The molecule has 5 heteroatoms. The van der Waals surface area contributed by atoms with E-state index in [9.17, 15) is 4.79 Å². The van der Waals surface area contributed by atoms with Gasteiger partial charge in [-0.25, -0.2) is 4.98 Å². The van der Waals surface area contributed by atoms with Crippen molar-refractivity contribution in [2.45, 2.75) is 26.2 Å². The Morgan fingerprint density at radius 2 is 2.20 bits per heavy atom. The molecule has 3 rings (SSSR count). The Morgan fingerprint density at radius 1 is 1.35 bits per heavy atom. The van der Waals surface area contributed by atoms with Gasteiger partial charge in [-0.3, -0.25) is 10.1 Å². The maximum atomic E-state index is 12.4. The maximum absolute atomic E-state index is 12.4. The summed E-state index contributed by atoms with van der Waals surface area (Å²) in [5.74, 6) is -0.106. The van der Waals surface area contributed by atoms with Gasteiger partial charge >= 0.3 is 0 Å². The summed E-state index contributed by atoms with van der Waals surface area (Å²) < 4.78 is 0. The van der Waals surface area contributed by atoms with Crippen LogP contribution >= 0.6 is 11.3 Å². The zero-order chi connectivity index (χ0) is 14.1. The molecule has 1 aliphatic carbocycles. The number of rotatable bonds is 3. The van der Waals surface area contributed by atoms with Crippen LogP contribution in [0.3, 0.4) is 0 Å². The fraction of sp³-hybridized carbons (Fsp3) is 0.333. The van der Waals surface area contributed by atoms with Crippen molar-refractivity contribution in [3.63, 3.8) is 0 Å². The summed E-state index contributed by atoms with van der Waals surface area (Å²) in [6.45, 7) is 1.98. The van der Waals surface area contributed by atoms with E-state index in [1.165, 1.54) is 11.3 Å². The van der Waals surface area contributed by atoms with Crippen molar-refractivity contribution >= 4 is 28.1 Å². The molecule has 0 spiro atoms. The van der Waals surface area contributed by atoms with E-state index in [2.05, 4.69) is 15.6 Å². The number of carbonyl (C=O) groups excluding carboxylic acids is 1. The number of anilines is 2. The molecule has 0 bridgehead atoms. The average molecular weight is 287 g/mol. The first-order chi connectivity index (χ1) is 9.67. The first-order valence-electron chi connectivity index (χ1n) is 6.75. The molecule has 0 saturated heterocycles. The van der Waals surface area contributed by atoms with Crippen LogP contribution in [0, 0.1) is 6.92 Å². The van der Waals surface area contributed by atoms with E-state index >= 15 is 0 Å². The normalized spacial score (nSPS) is 13.1. The third-order valence-corrected chi connectivity index (χ3v) is 4.58. The van der Waals surface area contributed by atoms with Crippen molar-refractivity contribution in [3.8, 4) is 0 Å². The van der Waals surface area contributed by atoms with Crippen molar-refractivity contribution in [3.05, 3.63) is 39.9 Å². The highest BCUT2D eigenvalue weighted by Crippen LogP contribution is 2.31. The number of nitrogens with zero attached hydrogens (tertiary/aromatic N) is 1. The van der Waals surface area contributed by atoms with Gasteiger partial charge in [0.25, 0.3) is 5.91 Å². The molecule has 0 fully saturated rings. The third-order valence-electron chi connectivity index (χ3n) is 3.51. The lowest BCUT2D eigenvalue weighted by Gasteiger charge is -2.09. The van der Waals surface area contributed by atoms with Crippen LogP contribution in [0.4, 0.5) is 10.8 Å². The van der Waals surface area contributed by atoms with Gasteiger partial charge < -0.3 is 5.32 Å². The maximum Gasteiger partial charge on any atom is 0.259 e. The largest absolute Gasteiger partial charge is 0.387 e.